The number of para-hydroxylation sites is 1. The molecular weight excluding hydrogens is 346 g/mol. The van der Waals surface area contributed by atoms with Crippen molar-refractivity contribution < 1.29 is 27.5 Å². The quantitative estimate of drug-likeness (QED) is 0.792. The second kappa shape index (κ2) is 7.80. The van der Waals surface area contributed by atoms with Gasteiger partial charge in [0.2, 0.25) is 0 Å². The van der Waals surface area contributed by atoms with E-state index in [4.69, 9.17) is 4.74 Å². The molecule has 132 valence electrons. The zero-order chi connectivity index (χ0) is 18.4. The fourth-order valence-corrected chi connectivity index (χ4v) is 3.41. The zero-order valence-corrected chi connectivity index (χ0v) is 14.5. The molecule has 0 saturated carbocycles. The van der Waals surface area contributed by atoms with Crippen LogP contribution in [0.3, 0.4) is 0 Å². The number of rotatable bonds is 6. The molecule has 0 spiro atoms. The number of ether oxygens (including phenoxy) is 2. The van der Waals surface area contributed by atoms with E-state index in [9.17, 15) is 18.0 Å². The Morgan fingerprint density at radius 1 is 0.960 bits per heavy atom. The predicted molar refractivity (Wildman–Crippen MR) is 91.0 cm³/mol. The van der Waals surface area contributed by atoms with Crippen LogP contribution < -0.4 is 4.72 Å². The number of hydrogen-bond acceptors (Lipinski definition) is 6. The van der Waals surface area contributed by atoms with E-state index in [2.05, 4.69) is 9.46 Å². The summed E-state index contributed by atoms with van der Waals surface area (Å²) in [5.74, 6) is -1.43. The molecule has 0 unspecified atom stereocenters. The Kier molecular flexibility index (Phi) is 5.76. The third kappa shape index (κ3) is 4.16. The molecule has 0 aromatic heterocycles. The van der Waals surface area contributed by atoms with Gasteiger partial charge in [0, 0.05) is 0 Å². The summed E-state index contributed by atoms with van der Waals surface area (Å²) in [6.45, 7) is 1.81. The van der Waals surface area contributed by atoms with E-state index in [-0.39, 0.29) is 28.3 Å². The summed E-state index contributed by atoms with van der Waals surface area (Å²) in [5, 5.41) is 0. The van der Waals surface area contributed by atoms with Crippen LogP contribution >= 0.6 is 0 Å². The van der Waals surface area contributed by atoms with Crippen molar-refractivity contribution in [2.45, 2.75) is 11.8 Å². The molecule has 0 fully saturated rings. The van der Waals surface area contributed by atoms with Crippen molar-refractivity contribution in [3.8, 4) is 0 Å². The van der Waals surface area contributed by atoms with Crippen LogP contribution in [0.15, 0.2) is 53.4 Å². The molecule has 0 aliphatic heterocycles. The SMILES string of the molecule is CCOC(=O)c1ccccc1NS(=O)(=O)c1ccccc1C(=O)OC. The molecule has 0 amide bonds. The Morgan fingerprint density at radius 2 is 1.56 bits per heavy atom. The van der Waals surface area contributed by atoms with Crippen LogP contribution in [0.5, 0.6) is 0 Å². The van der Waals surface area contributed by atoms with Crippen molar-refractivity contribution >= 4 is 27.6 Å². The van der Waals surface area contributed by atoms with Crippen LogP contribution in [0.25, 0.3) is 0 Å². The number of benzene rings is 2. The topological polar surface area (TPSA) is 98.8 Å². The molecule has 0 saturated heterocycles. The molecule has 1 N–H and O–H groups in total. The van der Waals surface area contributed by atoms with Gasteiger partial charge in [0.1, 0.15) is 4.90 Å². The normalized spacial score (nSPS) is 10.8. The monoisotopic (exact) mass is 363 g/mol. The number of nitrogens with one attached hydrogen (secondary N) is 1. The molecule has 0 aliphatic rings. The summed E-state index contributed by atoms with van der Waals surface area (Å²) in [5.41, 5.74) is 0.0233. The number of carbonyl (C=O) groups is 2. The number of carbonyl (C=O) groups excluding carboxylic acids is 2. The van der Waals surface area contributed by atoms with Crippen molar-refractivity contribution in [3.63, 3.8) is 0 Å². The lowest BCUT2D eigenvalue weighted by molar-refractivity contribution is 0.0526. The molecule has 25 heavy (non-hydrogen) atoms. The maximum Gasteiger partial charge on any atom is 0.340 e. The molecule has 0 radical (unpaired) electrons. The lowest BCUT2D eigenvalue weighted by atomic mass is 10.2. The highest BCUT2D eigenvalue weighted by Gasteiger charge is 2.24. The van der Waals surface area contributed by atoms with Gasteiger partial charge in [-0.2, -0.15) is 0 Å². The van der Waals surface area contributed by atoms with Gasteiger partial charge in [-0.25, -0.2) is 18.0 Å². The highest BCUT2D eigenvalue weighted by molar-refractivity contribution is 7.92. The maximum atomic E-state index is 12.7. The minimum absolute atomic E-state index is 0.0561. The van der Waals surface area contributed by atoms with Crippen molar-refractivity contribution in [2.75, 3.05) is 18.4 Å². The summed E-state index contributed by atoms with van der Waals surface area (Å²) in [7, 11) is -2.97. The Bertz CT molecular complexity index is 892. The van der Waals surface area contributed by atoms with Gasteiger partial charge < -0.3 is 9.47 Å². The number of sulfonamides is 1. The molecule has 0 atom stereocenters. The van der Waals surface area contributed by atoms with Crippen LogP contribution in [0.4, 0.5) is 5.69 Å². The maximum absolute atomic E-state index is 12.7. The van der Waals surface area contributed by atoms with Crippen LogP contribution in [0.1, 0.15) is 27.6 Å². The van der Waals surface area contributed by atoms with Crippen LogP contribution in [0, 0.1) is 0 Å². The van der Waals surface area contributed by atoms with Gasteiger partial charge in [-0.15, -0.1) is 0 Å². The lowest BCUT2D eigenvalue weighted by Crippen LogP contribution is -2.19. The number of methoxy groups -OCH3 is 1. The summed E-state index contributed by atoms with van der Waals surface area (Å²) >= 11 is 0. The summed E-state index contributed by atoms with van der Waals surface area (Å²) < 4.78 is 37.3. The second-order valence-corrected chi connectivity index (χ2v) is 6.51. The molecule has 0 heterocycles. The average molecular weight is 363 g/mol. The number of anilines is 1. The summed E-state index contributed by atoms with van der Waals surface area (Å²) in [6, 6.07) is 11.7. The number of esters is 2. The van der Waals surface area contributed by atoms with Gasteiger partial charge in [0.25, 0.3) is 10.0 Å². The van der Waals surface area contributed by atoms with E-state index in [1.165, 1.54) is 36.4 Å². The number of hydrogen-bond donors (Lipinski definition) is 1. The van der Waals surface area contributed by atoms with E-state index in [0.717, 1.165) is 7.11 Å². The third-order valence-corrected chi connectivity index (χ3v) is 4.67. The minimum Gasteiger partial charge on any atom is -0.465 e. The fourth-order valence-electron chi connectivity index (χ4n) is 2.14. The molecule has 2 aromatic rings. The summed E-state index contributed by atoms with van der Waals surface area (Å²) in [4.78, 5) is 23.5. The van der Waals surface area contributed by atoms with E-state index in [1.54, 1.807) is 19.1 Å². The predicted octanol–water partition coefficient (Wildman–Crippen LogP) is 2.45. The Morgan fingerprint density at radius 3 is 2.20 bits per heavy atom. The third-order valence-electron chi connectivity index (χ3n) is 3.25. The minimum atomic E-state index is -4.13. The van der Waals surface area contributed by atoms with Crippen LogP contribution in [-0.2, 0) is 19.5 Å². The van der Waals surface area contributed by atoms with E-state index >= 15 is 0 Å². The molecule has 0 bridgehead atoms. The van der Waals surface area contributed by atoms with Gasteiger partial charge in [-0.3, -0.25) is 4.72 Å². The zero-order valence-electron chi connectivity index (χ0n) is 13.7. The van der Waals surface area contributed by atoms with Crippen molar-refractivity contribution in [1.29, 1.82) is 0 Å². The first-order valence-corrected chi connectivity index (χ1v) is 8.85. The Balaban J connectivity index is 2.45. The van der Waals surface area contributed by atoms with Crippen LogP contribution in [0.2, 0.25) is 0 Å². The second-order valence-electron chi connectivity index (χ2n) is 4.86. The lowest BCUT2D eigenvalue weighted by Gasteiger charge is -2.13. The van der Waals surface area contributed by atoms with Crippen molar-refractivity contribution in [2.24, 2.45) is 0 Å². The highest BCUT2D eigenvalue weighted by Crippen LogP contribution is 2.23. The van der Waals surface area contributed by atoms with E-state index in [1.807, 2.05) is 0 Å². The Labute approximate surface area is 145 Å². The van der Waals surface area contributed by atoms with Crippen molar-refractivity contribution in [3.05, 3.63) is 59.7 Å². The first-order valence-electron chi connectivity index (χ1n) is 7.37. The Hall–Kier alpha value is -2.87. The largest absolute Gasteiger partial charge is 0.465 e. The van der Waals surface area contributed by atoms with E-state index < -0.39 is 22.0 Å². The first kappa shape index (κ1) is 18.5. The molecule has 7 nitrogen and oxygen atoms in total. The van der Waals surface area contributed by atoms with Gasteiger partial charge in [0.05, 0.1) is 30.5 Å². The molecular formula is C17H17NO6S. The molecule has 2 aromatic carbocycles. The highest BCUT2D eigenvalue weighted by atomic mass is 32.2. The molecule has 2 rings (SSSR count). The average Bonchev–Trinajstić information content (AvgIpc) is 2.61. The smallest absolute Gasteiger partial charge is 0.340 e. The molecule has 8 heteroatoms. The molecule has 0 aliphatic carbocycles. The first-order chi connectivity index (χ1) is 11.9. The van der Waals surface area contributed by atoms with Gasteiger partial charge >= 0.3 is 11.9 Å². The van der Waals surface area contributed by atoms with E-state index in [0.29, 0.717) is 0 Å². The summed E-state index contributed by atoms with van der Waals surface area (Å²) in [6.07, 6.45) is 0. The fraction of sp³-hybridized carbons (Fsp3) is 0.176. The van der Waals surface area contributed by atoms with Gasteiger partial charge in [0.15, 0.2) is 0 Å². The standard InChI is InChI=1S/C17H17NO6S/c1-3-24-17(20)12-8-4-6-10-14(12)18-25(21,22)15-11-7-5-9-13(15)16(19)23-2/h4-11,18H,3H2,1-2H3. The van der Waals surface area contributed by atoms with Gasteiger partial charge in [-0.05, 0) is 31.2 Å². The van der Waals surface area contributed by atoms with Crippen molar-refractivity contribution in [1.82, 2.24) is 0 Å². The van der Waals surface area contributed by atoms with Crippen LogP contribution in [-0.4, -0.2) is 34.1 Å². The van der Waals surface area contributed by atoms with Gasteiger partial charge in [-0.1, -0.05) is 24.3 Å².